The minimum atomic E-state index is -3.70. The molecular weight excluding hydrogens is 424 g/mol. The van der Waals surface area contributed by atoms with Crippen molar-refractivity contribution in [3.05, 3.63) is 77.1 Å². The molecular formula is C21H21ClN4O3S. The number of carbonyl (C=O) groups excluding carboxylic acids is 1. The molecule has 0 bridgehead atoms. The van der Waals surface area contributed by atoms with E-state index in [4.69, 9.17) is 11.6 Å². The summed E-state index contributed by atoms with van der Waals surface area (Å²) in [7, 11) is -3.70. The quantitative estimate of drug-likeness (QED) is 0.620. The first-order valence-corrected chi connectivity index (χ1v) is 11.4. The van der Waals surface area contributed by atoms with Gasteiger partial charge in [0.25, 0.3) is 5.91 Å². The Morgan fingerprint density at radius 3 is 2.27 bits per heavy atom. The van der Waals surface area contributed by atoms with Gasteiger partial charge in [0.1, 0.15) is 4.90 Å². The fourth-order valence-corrected chi connectivity index (χ4v) is 5.46. The van der Waals surface area contributed by atoms with E-state index in [0.29, 0.717) is 18.7 Å². The number of aromatic nitrogens is 2. The molecule has 1 aliphatic heterocycles. The predicted molar refractivity (Wildman–Crippen MR) is 114 cm³/mol. The van der Waals surface area contributed by atoms with Crippen LogP contribution in [0.5, 0.6) is 0 Å². The van der Waals surface area contributed by atoms with Gasteiger partial charge in [-0.2, -0.15) is 9.40 Å². The number of amides is 1. The van der Waals surface area contributed by atoms with E-state index in [9.17, 15) is 13.2 Å². The molecule has 0 aliphatic carbocycles. The summed E-state index contributed by atoms with van der Waals surface area (Å²) >= 11 is 6.08. The molecule has 2 heterocycles. The maximum absolute atomic E-state index is 13.0. The molecule has 7 nitrogen and oxygen atoms in total. The van der Waals surface area contributed by atoms with Gasteiger partial charge in [-0.15, -0.1) is 0 Å². The first-order valence-electron chi connectivity index (χ1n) is 9.53. The Hall–Kier alpha value is -2.68. The second-order valence-corrected chi connectivity index (χ2v) is 9.33. The molecule has 1 fully saturated rings. The van der Waals surface area contributed by atoms with Crippen molar-refractivity contribution in [3.8, 4) is 5.69 Å². The van der Waals surface area contributed by atoms with Gasteiger partial charge in [-0.1, -0.05) is 41.9 Å². The van der Waals surface area contributed by atoms with Crippen LogP contribution in [-0.4, -0.2) is 59.5 Å². The highest BCUT2D eigenvalue weighted by molar-refractivity contribution is 7.89. The van der Waals surface area contributed by atoms with Gasteiger partial charge >= 0.3 is 0 Å². The molecule has 1 amide bonds. The number of benzene rings is 2. The van der Waals surface area contributed by atoms with Gasteiger partial charge in [0.05, 0.1) is 28.2 Å². The number of halogens is 1. The summed E-state index contributed by atoms with van der Waals surface area (Å²) in [5.41, 5.74) is 2.14. The van der Waals surface area contributed by atoms with Crippen LogP contribution >= 0.6 is 11.6 Å². The zero-order chi connectivity index (χ0) is 21.3. The maximum atomic E-state index is 13.0. The van der Waals surface area contributed by atoms with E-state index in [1.165, 1.54) is 10.4 Å². The van der Waals surface area contributed by atoms with E-state index in [1.807, 2.05) is 37.3 Å². The second kappa shape index (κ2) is 8.22. The van der Waals surface area contributed by atoms with Crippen molar-refractivity contribution in [1.29, 1.82) is 0 Å². The van der Waals surface area contributed by atoms with Gasteiger partial charge in [-0.3, -0.25) is 4.79 Å². The van der Waals surface area contributed by atoms with Gasteiger partial charge in [0.2, 0.25) is 10.0 Å². The standard InChI is InChI=1S/C21H21ClN4O3S/c1-16-18(15-23-26(16)17-7-3-2-4-8-17)21(27)24-11-13-25(14-12-24)30(28,29)20-10-6-5-9-19(20)22/h2-10,15H,11-14H2,1H3. The fraction of sp³-hybridized carbons (Fsp3) is 0.238. The van der Waals surface area contributed by atoms with Crippen LogP contribution in [0.25, 0.3) is 5.69 Å². The third-order valence-corrected chi connectivity index (χ3v) is 7.62. The molecule has 0 atom stereocenters. The molecule has 4 rings (SSSR count). The first kappa shape index (κ1) is 20.6. The Balaban J connectivity index is 1.48. The van der Waals surface area contributed by atoms with E-state index in [1.54, 1.807) is 34.0 Å². The van der Waals surface area contributed by atoms with Gasteiger partial charge in [0, 0.05) is 26.2 Å². The number of carbonyl (C=O) groups is 1. The smallest absolute Gasteiger partial charge is 0.257 e. The molecule has 0 unspecified atom stereocenters. The van der Waals surface area contributed by atoms with Crippen molar-refractivity contribution in [2.24, 2.45) is 0 Å². The highest BCUT2D eigenvalue weighted by atomic mass is 35.5. The van der Waals surface area contributed by atoms with Gasteiger partial charge in [-0.05, 0) is 31.2 Å². The lowest BCUT2D eigenvalue weighted by Crippen LogP contribution is -2.50. The van der Waals surface area contributed by atoms with Crippen LogP contribution in [0, 0.1) is 6.92 Å². The lowest BCUT2D eigenvalue weighted by Gasteiger charge is -2.34. The Morgan fingerprint density at radius 1 is 0.967 bits per heavy atom. The van der Waals surface area contributed by atoms with E-state index in [-0.39, 0.29) is 28.9 Å². The third-order valence-electron chi connectivity index (χ3n) is 5.22. The summed E-state index contributed by atoms with van der Waals surface area (Å²) in [6, 6.07) is 16.0. The van der Waals surface area contributed by atoms with Gasteiger partial charge in [-0.25, -0.2) is 13.1 Å². The van der Waals surface area contributed by atoms with Crippen molar-refractivity contribution in [1.82, 2.24) is 19.0 Å². The Labute approximate surface area is 180 Å². The third kappa shape index (κ3) is 3.74. The Bertz CT molecular complexity index is 1170. The molecule has 9 heteroatoms. The number of hydrogen-bond donors (Lipinski definition) is 0. The van der Waals surface area contributed by atoms with Crippen molar-refractivity contribution in [2.75, 3.05) is 26.2 Å². The number of piperazine rings is 1. The minimum absolute atomic E-state index is 0.0893. The van der Waals surface area contributed by atoms with Gasteiger partial charge in [0.15, 0.2) is 0 Å². The highest BCUT2D eigenvalue weighted by Gasteiger charge is 2.32. The molecule has 0 N–H and O–H groups in total. The Morgan fingerprint density at radius 2 is 1.60 bits per heavy atom. The lowest BCUT2D eigenvalue weighted by atomic mass is 10.2. The number of rotatable bonds is 4. The van der Waals surface area contributed by atoms with E-state index >= 15 is 0 Å². The van der Waals surface area contributed by atoms with Crippen molar-refractivity contribution in [2.45, 2.75) is 11.8 Å². The van der Waals surface area contributed by atoms with Gasteiger partial charge < -0.3 is 4.90 Å². The van der Waals surface area contributed by atoms with Crippen molar-refractivity contribution >= 4 is 27.5 Å². The molecule has 0 spiro atoms. The summed E-state index contributed by atoms with van der Waals surface area (Å²) in [6.45, 7) is 2.89. The summed E-state index contributed by atoms with van der Waals surface area (Å²) in [5, 5.41) is 4.55. The topological polar surface area (TPSA) is 75.5 Å². The molecule has 30 heavy (non-hydrogen) atoms. The van der Waals surface area contributed by atoms with Crippen molar-refractivity contribution in [3.63, 3.8) is 0 Å². The molecule has 0 radical (unpaired) electrons. The van der Waals surface area contributed by atoms with Crippen LogP contribution < -0.4 is 0 Å². The van der Waals surface area contributed by atoms with Crippen LogP contribution in [0.1, 0.15) is 16.1 Å². The summed E-state index contributed by atoms with van der Waals surface area (Å²) in [6.07, 6.45) is 1.57. The minimum Gasteiger partial charge on any atom is -0.336 e. The molecule has 1 aromatic heterocycles. The average molecular weight is 445 g/mol. The summed E-state index contributed by atoms with van der Waals surface area (Å²) < 4.78 is 28.9. The summed E-state index contributed by atoms with van der Waals surface area (Å²) in [5.74, 6) is -0.149. The summed E-state index contributed by atoms with van der Waals surface area (Å²) in [4.78, 5) is 14.8. The lowest BCUT2D eigenvalue weighted by molar-refractivity contribution is 0.0697. The zero-order valence-electron chi connectivity index (χ0n) is 16.4. The van der Waals surface area contributed by atoms with Crippen LogP contribution in [0.15, 0.2) is 65.7 Å². The zero-order valence-corrected chi connectivity index (χ0v) is 18.0. The van der Waals surface area contributed by atoms with E-state index < -0.39 is 10.0 Å². The highest BCUT2D eigenvalue weighted by Crippen LogP contribution is 2.25. The first-order chi connectivity index (χ1) is 14.4. The molecule has 156 valence electrons. The number of para-hydroxylation sites is 1. The Kier molecular flexibility index (Phi) is 5.64. The molecule has 1 saturated heterocycles. The molecule has 1 aliphatic rings. The predicted octanol–water partition coefficient (Wildman–Crippen LogP) is 2.98. The fourth-order valence-electron chi connectivity index (χ4n) is 3.54. The number of sulfonamides is 1. The van der Waals surface area contributed by atoms with Crippen molar-refractivity contribution < 1.29 is 13.2 Å². The van der Waals surface area contributed by atoms with E-state index in [0.717, 1.165) is 11.4 Å². The van der Waals surface area contributed by atoms with Crippen LogP contribution in [-0.2, 0) is 10.0 Å². The van der Waals surface area contributed by atoms with Crippen LogP contribution in [0.2, 0.25) is 5.02 Å². The molecule has 3 aromatic rings. The second-order valence-electron chi connectivity index (χ2n) is 7.02. The normalized spacial score (nSPS) is 15.3. The number of hydrogen-bond acceptors (Lipinski definition) is 4. The maximum Gasteiger partial charge on any atom is 0.257 e. The molecule has 2 aromatic carbocycles. The van der Waals surface area contributed by atoms with E-state index in [2.05, 4.69) is 5.10 Å². The molecule has 0 saturated carbocycles. The largest absolute Gasteiger partial charge is 0.336 e. The average Bonchev–Trinajstić information content (AvgIpc) is 3.15. The van der Waals surface area contributed by atoms with Crippen LogP contribution in [0.4, 0.5) is 0 Å². The SMILES string of the molecule is Cc1c(C(=O)N2CCN(S(=O)(=O)c3ccccc3Cl)CC2)cnn1-c1ccccc1. The number of nitrogens with zero attached hydrogens (tertiary/aromatic N) is 4. The van der Waals surface area contributed by atoms with Crippen LogP contribution in [0.3, 0.4) is 0 Å². The monoisotopic (exact) mass is 444 g/mol.